The number of allylic oxidation sites excluding steroid dienone is 4. The Morgan fingerprint density at radius 2 is 2.14 bits per heavy atom. The number of nitroso groups, excluding NO2 is 1. The van der Waals surface area contributed by atoms with Gasteiger partial charge in [-0.2, -0.15) is 5.26 Å². The lowest BCUT2D eigenvalue weighted by Gasteiger charge is -1.97. The van der Waals surface area contributed by atoms with Crippen LogP contribution < -0.4 is 0 Å². The highest BCUT2D eigenvalue weighted by Crippen LogP contribution is 2.09. The first-order valence-electron chi connectivity index (χ1n) is 3.92. The summed E-state index contributed by atoms with van der Waals surface area (Å²) in [5, 5.41) is 10.7. The number of rotatable bonds is 5. The van der Waals surface area contributed by atoms with Crippen molar-refractivity contribution in [2.24, 2.45) is 5.18 Å². The van der Waals surface area contributed by atoms with E-state index in [-0.39, 0.29) is 12.0 Å². The Morgan fingerprint density at radius 1 is 1.50 bits per heavy atom. The second kappa shape index (κ2) is 6.49. The molecule has 0 spiro atoms. The molecular formula is C10H10N2O2. The van der Waals surface area contributed by atoms with Gasteiger partial charge in [-0.1, -0.05) is 19.2 Å². The van der Waals surface area contributed by atoms with Crippen molar-refractivity contribution in [2.45, 2.75) is 12.8 Å². The Labute approximate surface area is 82.2 Å². The summed E-state index contributed by atoms with van der Waals surface area (Å²) in [6.07, 6.45) is 3.40. The molecule has 0 heterocycles. The Bertz CT molecular complexity index is 335. The van der Waals surface area contributed by atoms with Gasteiger partial charge >= 0.3 is 0 Å². The van der Waals surface area contributed by atoms with E-state index in [0.29, 0.717) is 12.0 Å². The van der Waals surface area contributed by atoms with E-state index in [4.69, 9.17) is 5.26 Å². The lowest BCUT2D eigenvalue weighted by Crippen LogP contribution is -1.92. The molecule has 0 fully saturated rings. The van der Waals surface area contributed by atoms with E-state index in [1.807, 2.05) is 6.07 Å². The Kier molecular flexibility index (Phi) is 5.55. The smallest absolute Gasteiger partial charge is 0.269 e. The molecule has 14 heavy (non-hydrogen) atoms. The van der Waals surface area contributed by atoms with Crippen LogP contribution in [0.3, 0.4) is 0 Å². The first-order chi connectivity index (χ1) is 6.63. The molecule has 0 aliphatic carbocycles. The summed E-state index contributed by atoms with van der Waals surface area (Å²) >= 11 is 0. The van der Waals surface area contributed by atoms with E-state index in [0.717, 1.165) is 0 Å². The maximum Gasteiger partial charge on any atom is 0.286 e. The van der Waals surface area contributed by atoms with E-state index in [1.54, 1.807) is 0 Å². The van der Waals surface area contributed by atoms with E-state index in [1.165, 1.54) is 12.2 Å². The van der Waals surface area contributed by atoms with Crippen molar-refractivity contribution in [1.29, 1.82) is 5.26 Å². The SMILES string of the molecule is C=C/C(=C\C(=C)C#N)CCC(=O)N=O. The van der Waals surface area contributed by atoms with Crippen LogP contribution in [0.4, 0.5) is 0 Å². The number of hydrogen-bond donors (Lipinski definition) is 0. The topological polar surface area (TPSA) is 70.3 Å². The maximum atomic E-state index is 10.6. The van der Waals surface area contributed by atoms with Crippen molar-refractivity contribution >= 4 is 5.91 Å². The molecule has 0 rings (SSSR count). The largest absolute Gasteiger partial charge is 0.286 e. The summed E-state index contributed by atoms with van der Waals surface area (Å²) in [7, 11) is 0. The molecule has 0 aliphatic rings. The molecule has 4 nitrogen and oxygen atoms in total. The third-order valence-corrected chi connectivity index (χ3v) is 1.49. The predicted octanol–water partition coefficient (Wildman–Crippen LogP) is 2.25. The Morgan fingerprint density at radius 3 is 2.57 bits per heavy atom. The third-order valence-electron chi connectivity index (χ3n) is 1.49. The van der Waals surface area contributed by atoms with Crippen molar-refractivity contribution in [3.63, 3.8) is 0 Å². The number of hydrogen-bond acceptors (Lipinski definition) is 3. The monoisotopic (exact) mass is 190 g/mol. The average Bonchev–Trinajstić information content (AvgIpc) is 2.22. The lowest BCUT2D eigenvalue weighted by molar-refractivity contribution is -0.117. The first-order valence-corrected chi connectivity index (χ1v) is 3.92. The normalized spacial score (nSPS) is 10.1. The van der Waals surface area contributed by atoms with Gasteiger partial charge in [-0.3, -0.25) is 4.79 Å². The number of nitriles is 1. The molecule has 0 aromatic rings. The molecule has 0 bridgehead atoms. The van der Waals surface area contributed by atoms with Crippen LogP contribution in [-0.2, 0) is 4.79 Å². The van der Waals surface area contributed by atoms with Crippen LogP contribution in [0, 0.1) is 16.2 Å². The van der Waals surface area contributed by atoms with Gasteiger partial charge < -0.3 is 0 Å². The van der Waals surface area contributed by atoms with Crippen LogP contribution in [-0.4, -0.2) is 5.91 Å². The van der Waals surface area contributed by atoms with Gasteiger partial charge in [0.25, 0.3) is 5.91 Å². The highest BCUT2D eigenvalue weighted by atomic mass is 16.3. The molecule has 0 atom stereocenters. The second-order valence-corrected chi connectivity index (χ2v) is 2.55. The number of amides is 1. The maximum absolute atomic E-state index is 10.6. The minimum atomic E-state index is -0.708. The molecule has 0 unspecified atom stereocenters. The standard InChI is InChI=1S/C10H10N2O2/c1-3-9(6-8(2)7-11)4-5-10(13)12-14/h3,6H,1-2,4-5H2/b9-6+. The summed E-state index contributed by atoms with van der Waals surface area (Å²) in [6.45, 7) is 6.97. The highest BCUT2D eigenvalue weighted by Gasteiger charge is 2.01. The van der Waals surface area contributed by atoms with Crippen molar-refractivity contribution in [3.8, 4) is 6.07 Å². The summed E-state index contributed by atoms with van der Waals surface area (Å²) in [5.41, 5.74) is 0.972. The lowest BCUT2D eigenvalue weighted by atomic mass is 10.1. The van der Waals surface area contributed by atoms with Crippen molar-refractivity contribution in [1.82, 2.24) is 0 Å². The fourth-order valence-electron chi connectivity index (χ4n) is 0.786. The van der Waals surface area contributed by atoms with Crippen LogP contribution in [0.2, 0.25) is 0 Å². The Balaban J connectivity index is 4.31. The van der Waals surface area contributed by atoms with Gasteiger partial charge in [-0.25, -0.2) is 0 Å². The fourth-order valence-corrected chi connectivity index (χ4v) is 0.786. The van der Waals surface area contributed by atoms with Gasteiger partial charge in [-0.15, -0.1) is 4.91 Å². The number of carbonyl (C=O) groups is 1. The third kappa shape index (κ3) is 4.78. The predicted molar refractivity (Wildman–Crippen MR) is 53.1 cm³/mol. The van der Waals surface area contributed by atoms with Crippen LogP contribution >= 0.6 is 0 Å². The zero-order chi connectivity index (χ0) is 11.0. The molecule has 1 amide bonds. The zero-order valence-electron chi connectivity index (χ0n) is 7.69. The van der Waals surface area contributed by atoms with Crippen LogP contribution in [0.5, 0.6) is 0 Å². The molecular weight excluding hydrogens is 180 g/mol. The highest BCUT2D eigenvalue weighted by molar-refractivity contribution is 5.76. The molecule has 0 N–H and O–H groups in total. The minimum absolute atomic E-state index is 0.0278. The molecule has 0 saturated heterocycles. The van der Waals surface area contributed by atoms with Gasteiger partial charge in [0.2, 0.25) is 0 Å². The van der Waals surface area contributed by atoms with Crippen LogP contribution in [0.15, 0.2) is 41.6 Å². The van der Waals surface area contributed by atoms with Gasteiger partial charge in [0.05, 0.1) is 6.07 Å². The summed E-state index contributed by atoms with van der Waals surface area (Å²) in [5.74, 6) is -0.708. The Hall–Kier alpha value is -2.02. The fraction of sp³-hybridized carbons (Fsp3) is 0.200. The average molecular weight is 190 g/mol. The first kappa shape index (κ1) is 12.0. The second-order valence-electron chi connectivity index (χ2n) is 2.55. The van der Waals surface area contributed by atoms with Crippen LogP contribution in [0.1, 0.15) is 12.8 Å². The quantitative estimate of drug-likeness (QED) is 0.379. The van der Waals surface area contributed by atoms with E-state index in [2.05, 4.69) is 18.3 Å². The van der Waals surface area contributed by atoms with Crippen molar-refractivity contribution in [3.05, 3.63) is 41.4 Å². The molecule has 0 aromatic heterocycles. The molecule has 0 aliphatic heterocycles. The van der Waals surface area contributed by atoms with Gasteiger partial charge in [-0.05, 0) is 18.1 Å². The van der Waals surface area contributed by atoms with Gasteiger partial charge in [0.1, 0.15) is 0 Å². The summed E-state index contributed by atoms with van der Waals surface area (Å²) < 4.78 is 0. The van der Waals surface area contributed by atoms with Gasteiger partial charge in [0.15, 0.2) is 0 Å². The van der Waals surface area contributed by atoms with Gasteiger partial charge in [0, 0.05) is 17.2 Å². The van der Waals surface area contributed by atoms with Crippen molar-refractivity contribution < 1.29 is 4.79 Å². The summed E-state index contributed by atoms with van der Waals surface area (Å²) in [4.78, 5) is 20.3. The van der Waals surface area contributed by atoms with E-state index in [9.17, 15) is 9.70 Å². The molecule has 72 valence electrons. The number of nitrogens with zero attached hydrogens (tertiary/aromatic N) is 2. The van der Waals surface area contributed by atoms with Crippen molar-refractivity contribution in [2.75, 3.05) is 0 Å². The minimum Gasteiger partial charge on any atom is -0.269 e. The zero-order valence-corrected chi connectivity index (χ0v) is 7.69. The summed E-state index contributed by atoms with van der Waals surface area (Å²) in [6, 6.07) is 1.84. The number of carbonyl (C=O) groups excluding carboxylic acids is 1. The van der Waals surface area contributed by atoms with E-state index >= 15 is 0 Å². The van der Waals surface area contributed by atoms with E-state index < -0.39 is 5.91 Å². The van der Waals surface area contributed by atoms with Crippen LogP contribution in [0.25, 0.3) is 0 Å². The molecule has 0 radical (unpaired) electrons. The molecule has 4 heteroatoms. The molecule has 0 saturated carbocycles. The molecule has 0 aromatic carbocycles.